The molecule has 1 heterocycles. The predicted molar refractivity (Wildman–Crippen MR) is 90.9 cm³/mol. The van der Waals surface area contributed by atoms with Crippen molar-refractivity contribution in [1.29, 1.82) is 0 Å². The van der Waals surface area contributed by atoms with Crippen LogP contribution in [0.1, 0.15) is 15.2 Å². The van der Waals surface area contributed by atoms with Gasteiger partial charge in [-0.3, -0.25) is 4.79 Å². The lowest BCUT2D eigenvalue weighted by Gasteiger charge is -2.00. The summed E-state index contributed by atoms with van der Waals surface area (Å²) >= 11 is 7.31. The maximum Gasteiger partial charge on any atom is 0.177 e. The third-order valence-electron chi connectivity index (χ3n) is 3.31. The van der Waals surface area contributed by atoms with Gasteiger partial charge in [-0.15, -0.1) is 11.3 Å². The Balaban J connectivity index is 1.76. The molecule has 0 saturated heterocycles. The van der Waals surface area contributed by atoms with Gasteiger partial charge in [-0.1, -0.05) is 23.7 Å². The molecule has 0 aliphatic heterocycles. The summed E-state index contributed by atoms with van der Waals surface area (Å²) in [6, 6.07) is 18.1. The molecule has 0 fully saturated rings. The van der Waals surface area contributed by atoms with Crippen molar-refractivity contribution in [2.24, 2.45) is 0 Å². The molecule has 0 atom stereocenters. The van der Waals surface area contributed by atoms with Gasteiger partial charge in [0.2, 0.25) is 0 Å². The lowest BCUT2D eigenvalue weighted by Crippen LogP contribution is -2.00. The Hall–Kier alpha value is -2.10. The number of phenolic OH excluding ortho intramolecular Hbond substituents is 1. The molecule has 0 aliphatic rings. The summed E-state index contributed by atoms with van der Waals surface area (Å²) in [6.45, 7) is 0. The molecule has 110 valence electrons. The average molecular weight is 329 g/mol. The zero-order valence-corrected chi connectivity index (χ0v) is 13.2. The number of phenols is 1. The Kier molecular flexibility index (Phi) is 4.27. The SMILES string of the molecule is O=C(Cc1ccc(Cl)cc1)c1ccc(-c2ccc(O)cc2)s1. The molecule has 0 radical (unpaired) electrons. The van der Waals surface area contributed by atoms with Crippen molar-refractivity contribution < 1.29 is 9.90 Å². The van der Waals surface area contributed by atoms with E-state index in [2.05, 4.69) is 0 Å². The maximum atomic E-state index is 12.3. The van der Waals surface area contributed by atoms with Crippen LogP contribution in [-0.4, -0.2) is 10.9 Å². The molecule has 3 aromatic rings. The first-order chi connectivity index (χ1) is 10.6. The number of carbonyl (C=O) groups excluding carboxylic acids is 1. The highest BCUT2D eigenvalue weighted by molar-refractivity contribution is 7.17. The molecule has 1 aromatic heterocycles. The van der Waals surface area contributed by atoms with Gasteiger partial charge in [0.1, 0.15) is 5.75 Å². The molecule has 4 heteroatoms. The van der Waals surface area contributed by atoms with E-state index >= 15 is 0 Å². The van der Waals surface area contributed by atoms with E-state index < -0.39 is 0 Å². The fourth-order valence-corrected chi connectivity index (χ4v) is 3.22. The van der Waals surface area contributed by atoms with E-state index in [0.29, 0.717) is 11.4 Å². The minimum Gasteiger partial charge on any atom is -0.508 e. The lowest BCUT2D eigenvalue weighted by molar-refractivity contribution is 0.0997. The summed E-state index contributed by atoms with van der Waals surface area (Å²) in [4.78, 5) is 14.1. The lowest BCUT2D eigenvalue weighted by atomic mass is 10.1. The first-order valence-electron chi connectivity index (χ1n) is 6.79. The molecule has 0 saturated carbocycles. The minimum atomic E-state index is 0.0948. The van der Waals surface area contributed by atoms with Crippen LogP contribution in [0.4, 0.5) is 0 Å². The Morgan fingerprint density at radius 1 is 0.955 bits per heavy atom. The van der Waals surface area contributed by atoms with Crippen molar-refractivity contribution in [3.63, 3.8) is 0 Å². The Labute approximate surface area is 137 Å². The Morgan fingerprint density at radius 3 is 2.32 bits per heavy atom. The highest BCUT2D eigenvalue weighted by atomic mass is 35.5. The van der Waals surface area contributed by atoms with Crippen LogP contribution in [0, 0.1) is 0 Å². The molecule has 0 unspecified atom stereocenters. The van der Waals surface area contributed by atoms with E-state index in [0.717, 1.165) is 20.9 Å². The van der Waals surface area contributed by atoms with Gasteiger partial charge in [0.15, 0.2) is 5.78 Å². The summed E-state index contributed by atoms with van der Waals surface area (Å²) in [5.74, 6) is 0.330. The Bertz CT molecular complexity index is 789. The number of benzene rings is 2. The molecular weight excluding hydrogens is 316 g/mol. The van der Waals surface area contributed by atoms with Crippen LogP contribution in [0.25, 0.3) is 10.4 Å². The fourth-order valence-electron chi connectivity index (χ4n) is 2.14. The third-order valence-corrected chi connectivity index (χ3v) is 4.74. The van der Waals surface area contributed by atoms with Gasteiger partial charge < -0.3 is 5.11 Å². The van der Waals surface area contributed by atoms with E-state index in [1.807, 2.05) is 36.4 Å². The number of Topliss-reactive ketones (excluding diaryl/α,β-unsaturated/α-hetero) is 1. The molecule has 0 spiro atoms. The smallest absolute Gasteiger partial charge is 0.177 e. The molecule has 2 aromatic carbocycles. The molecule has 1 N–H and O–H groups in total. The van der Waals surface area contributed by atoms with Crippen LogP contribution < -0.4 is 0 Å². The van der Waals surface area contributed by atoms with Gasteiger partial charge in [0.25, 0.3) is 0 Å². The second kappa shape index (κ2) is 6.34. The van der Waals surface area contributed by atoms with Gasteiger partial charge in [0.05, 0.1) is 4.88 Å². The second-order valence-electron chi connectivity index (χ2n) is 4.94. The topological polar surface area (TPSA) is 37.3 Å². The number of thiophene rings is 1. The molecule has 0 bridgehead atoms. The van der Waals surface area contributed by atoms with Crippen molar-refractivity contribution in [3.8, 4) is 16.2 Å². The monoisotopic (exact) mass is 328 g/mol. The van der Waals surface area contributed by atoms with Crippen LogP contribution in [0.5, 0.6) is 5.75 Å². The standard InChI is InChI=1S/C18H13ClO2S/c19-14-5-1-12(2-6-14)11-16(21)18-10-9-17(22-18)13-3-7-15(20)8-4-13/h1-10,20H,11H2. The van der Waals surface area contributed by atoms with Crippen LogP contribution in [-0.2, 0) is 6.42 Å². The highest BCUT2D eigenvalue weighted by Gasteiger charge is 2.11. The first kappa shape index (κ1) is 14.8. The third kappa shape index (κ3) is 3.38. The molecule has 0 aliphatic carbocycles. The van der Waals surface area contributed by atoms with Crippen LogP contribution in [0.3, 0.4) is 0 Å². The molecule has 2 nitrogen and oxygen atoms in total. The summed E-state index contributed by atoms with van der Waals surface area (Å²) in [6.07, 6.45) is 0.368. The number of hydrogen-bond donors (Lipinski definition) is 1. The second-order valence-corrected chi connectivity index (χ2v) is 6.46. The normalized spacial score (nSPS) is 10.6. The van der Waals surface area contributed by atoms with Gasteiger partial charge in [-0.25, -0.2) is 0 Å². The minimum absolute atomic E-state index is 0.0948. The van der Waals surface area contributed by atoms with Crippen molar-refractivity contribution >= 4 is 28.7 Å². The van der Waals surface area contributed by atoms with E-state index in [4.69, 9.17) is 11.6 Å². The van der Waals surface area contributed by atoms with E-state index in [-0.39, 0.29) is 11.5 Å². The van der Waals surface area contributed by atoms with Gasteiger partial charge in [-0.2, -0.15) is 0 Å². The zero-order valence-electron chi connectivity index (χ0n) is 11.6. The number of hydrogen-bond acceptors (Lipinski definition) is 3. The van der Waals surface area contributed by atoms with Crippen molar-refractivity contribution in [1.82, 2.24) is 0 Å². The molecular formula is C18H13ClO2S. The Morgan fingerprint density at radius 2 is 1.64 bits per heavy atom. The largest absolute Gasteiger partial charge is 0.508 e. The molecule has 3 rings (SSSR count). The molecule has 22 heavy (non-hydrogen) atoms. The van der Waals surface area contributed by atoms with Crippen LogP contribution >= 0.6 is 22.9 Å². The van der Waals surface area contributed by atoms with Crippen LogP contribution in [0.2, 0.25) is 5.02 Å². The van der Waals surface area contributed by atoms with E-state index in [1.54, 1.807) is 24.3 Å². The number of carbonyl (C=O) groups is 1. The van der Waals surface area contributed by atoms with Gasteiger partial charge in [-0.05, 0) is 59.7 Å². The number of ketones is 1. The zero-order chi connectivity index (χ0) is 15.5. The van der Waals surface area contributed by atoms with Gasteiger partial charge >= 0.3 is 0 Å². The fraction of sp³-hybridized carbons (Fsp3) is 0.0556. The van der Waals surface area contributed by atoms with Crippen molar-refractivity contribution in [2.75, 3.05) is 0 Å². The summed E-state index contributed by atoms with van der Waals surface area (Å²) < 4.78 is 0. The number of rotatable bonds is 4. The number of aromatic hydroxyl groups is 1. The number of halogens is 1. The molecule has 0 amide bonds. The average Bonchev–Trinajstić information content (AvgIpc) is 3.00. The first-order valence-corrected chi connectivity index (χ1v) is 7.98. The summed E-state index contributed by atoms with van der Waals surface area (Å²) in [5, 5.41) is 9.99. The summed E-state index contributed by atoms with van der Waals surface area (Å²) in [7, 11) is 0. The maximum absolute atomic E-state index is 12.3. The highest BCUT2D eigenvalue weighted by Crippen LogP contribution is 2.30. The quantitative estimate of drug-likeness (QED) is 0.668. The van der Waals surface area contributed by atoms with Gasteiger partial charge in [0, 0.05) is 16.3 Å². The predicted octanol–water partition coefficient (Wildman–Crippen LogP) is 5.20. The summed E-state index contributed by atoms with van der Waals surface area (Å²) in [5.41, 5.74) is 1.95. The van der Waals surface area contributed by atoms with Crippen LogP contribution in [0.15, 0.2) is 60.7 Å². The van der Waals surface area contributed by atoms with E-state index in [1.165, 1.54) is 11.3 Å². The van der Waals surface area contributed by atoms with E-state index in [9.17, 15) is 9.90 Å². The van der Waals surface area contributed by atoms with Crippen molar-refractivity contribution in [2.45, 2.75) is 6.42 Å². The van der Waals surface area contributed by atoms with Crippen molar-refractivity contribution in [3.05, 3.63) is 76.1 Å².